The van der Waals surface area contributed by atoms with Crippen molar-refractivity contribution in [3.8, 4) is 5.75 Å². The molecule has 2 heterocycles. The number of fused-ring (bicyclic) bond motifs is 1. The molecular formula is C35H53NO4Si. The molecule has 1 N–H and O–H groups in total. The number of aliphatic hydroxyl groups excluding tert-OH is 1. The van der Waals surface area contributed by atoms with Crippen molar-refractivity contribution in [1.29, 1.82) is 0 Å². The molecule has 1 aliphatic carbocycles. The van der Waals surface area contributed by atoms with Crippen LogP contribution in [0.25, 0.3) is 5.57 Å². The lowest BCUT2D eigenvalue weighted by Crippen LogP contribution is -2.44. The molecule has 0 amide bonds. The predicted octanol–water partition coefficient (Wildman–Crippen LogP) is 8.91. The topological polar surface area (TPSA) is 60.8 Å². The molecule has 2 aromatic rings. The van der Waals surface area contributed by atoms with E-state index >= 15 is 0 Å². The Morgan fingerprint density at radius 2 is 1.73 bits per heavy atom. The highest BCUT2D eigenvalue weighted by Crippen LogP contribution is 2.51. The Morgan fingerprint density at radius 3 is 2.27 bits per heavy atom. The molecule has 0 fully saturated rings. The molecule has 2 atom stereocenters. The zero-order chi connectivity index (χ0) is 30.3. The first-order valence-electron chi connectivity index (χ1n) is 15.5. The van der Waals surface area contributed by atoms with E-state index in [0.717, 1.165) is 53.1 Å². The summed E-state index contributed by atoms with van der Waals surface area (Å²) in [6, 6.07) is 7.89. The van der Waals surface area contributed by atoms with E-state index < -0.39 is 14.4 Å². The molecule has 0 radical (unpaired) electrons. The van der Waals surface area contributed by atoms with E-state index in [4.69, 9.17) is 18.9 Å². The van der Waals surface area contributed by atoms with Crippen LogP contribution in [0.1, 0.15) is 127 Å². The number of rotatable bonds is 8. The maximum Gasteiger partial charge on any atom is 0.192 e. The first-order valence-corrected chi connectivity index (χ1v) is 18.4. The first-order chi connectivity index (χ1) is 19.0. The predicted molar refractivity (Wildman–Crippen MR) is 171 cm³/mol. The molecule has 41 heavy (non-hydrogen) atoms. The highest BCUT2D eigenvalue weighted by molar-refractivity contribution is 6.74. The summed E-state index contributed by atoms with van der Waals surface area (Å²) < 4.78 is 18.9. The number of nitrogens with zero attached hydrogens (tertiary/aromatic N) is 1. The second-order valence-electron chi connectivity index (χ2n) is 14.9. The van der Waals surface area contributed by atoms with E-state index in [9.17, 15) is 5.11 Å². The van der Waals surface area contributed by atoms with Gasteiger partial charge >= 0.3 is 0 Å². The van der Waals surface area contributed by atoms with Gasteiger partial charge < -0.3 is 19.0 Å². The first kappa shape index (κ1) is 31.9. The fraction of sp³-hybridized carbons (Fsp3) is 0.629. The minimum atomic E-state index is -2.11. The fourth-order valence-corrected chi connectivity index (χ4v) is 7.18. The van der Waals surface area contributed by atoms with Gasteiger partial charge in [0.1, 0.15) is 11.9 Å². The van der Waals surface area contributed by atoms with Gasteiger partial charge in [-0.15, -0.1) is 0 Å². The lowest BCUT2D eigenvalue weighted by atomic mass is 9.71. The van der Waals surface area contributed by atoms with E-state index in [1.165, 1.54) is 11.1 Å². The average Bonchev–Trinajstić information content (AvgIpc) is 2.86. The highest BCUT2D eigenvalue weighted by atomic mass is 28.4. The normalized spacial score (nSPS) is 20.1. The lowest BCUT2D eigenvalue weighted by molar-refractivity contribution is 0.105. The average molecular weight is 580 g/mol. The summed E-state index contributed by atoms with van der Waals surface area (Å²) in [6.07, 6.45) is 4.05. The van der Waals surface area contributed by atoms with Crippen LogP contribution in [-0.2, 0) is 15.6 Å². The zero-order valence-electron chi connectivity index (χ0n) is 27.4. The molecule has 0 saturated carbocycles. The van der Waals surface area contributed by atoms with Crippen molar-refractivity contribution in [2.75, 3.05) is 13.2 Å². The summed E-state index contributed by atoms with van der Waals surface area (Å²) in [7, 11) is -2.11. The Morgan fingerprint density at radius 1 is 1.07 bits per heavy atom. The van der Waals surface area contributed by atoms with Crippen LogP contribution in [0.5, 0.6) is 5.75 Å². The Bertz CT molecular complexity index is 1250. The number of aliphatic hydroxyl groups is 1. The van der Waals surface area contributed by atoms with Gasteiger partial charge in [0.2, 0.25) is 0 Å². The molecule has 6 heteroatoms. The van der Waals surface area contributed by atoms with Gasteiger partial charge in [-0.2, -0.15) is 0 Å². The third-order valence-corrected chi connectivity index (χ3v) is 13.5. The van der Waals surface area contributed by atoms with Crippen LogP contribution >= 0.6 is 0 Å². The third kappa shape index (κ3) is 6.98. The minimum Gasteiger partial charge on any atom is -0.491 e. The van der Waals surface area contributed by atoms with Gasteiger partial charge in [0, 0.05) is 22.5 Å². The van der Waals surface area contributed by atoms with E-state index in [2.05, 4.69) is 67.6 Å². The summed E-state index contributed by atoms with van der Waals surface area (Å²) in [4.78, 5) is 5.40. The molecule has 1 aromatic heterocycles. The van der Waals surface area contributed by atoms with Gasteiger partial charge in [-0.05, 0) is 91.4 Å². The SMILES string of the molecule is CC(C)Oc1ccc([C@@H](O)c2c(C(C)C)nc3c(c2C2=CCOCC2)[C@@H](O[Si](C)(C)C(C)(C)C)CC(C)(C)C3)cc1. The second-order valence-corrected chi connectivity index (χ2v) is 19.7. The Labute approximate surface area is 249 Å². The van der Waals surface area contributed by atoms with Crippen molar-refractivity contribution in [2.45, 2.75) is 124 Å². The van der Waals surface area contributed by atoms with Crippen LogP contribution in [0.3, 0.4) is 0 Å². The van der Waals surface area contributed by atoms with E-state index in [1.54, 1.807) is 0 Å². The van der Waals surface area contributed by atoms with E-state index in [0.29, 0.717) is 13.2 Å². The zero-order valence-corrected chi connectivity index (χ0v) is 28.4. The molecule has 1 aliphatic heterocycles. The second kappa shape index (κ2) is 11.9. The summed E-state index contributed by atoms with van der Waals surface area (Å²) in [5.41, 5.74) is 7.53. The molecule has 0 saturated heterocycles. The van der Waals surface area contributed by atoms with Crippen molar-refractivity contribution < 1.29 is 19.0 Å². The van der Waals surface area contributed by atoms with Crippen molar-refractivity contribution in [1.82, 2.24) is 4.98 Å². The Kier molecular flexibility index (Phi) is 9.30. The van der Waals surface area contributed by atoms with Gasteiger partial charge in [-0.25, -0.2) is 0 Å². The van der Waals surface area contributed by atoms with E-state index in [1.807, 2.05) is 38.1 Å². The van der Waals surface area contributed by atoms with Crippen LogP contribution in [-0.4, -0.2) is 37.7 Å². The molecule has 226 valence electrons. The summed E-state index contributed by atoms with van der Waals surface area (Å²) in [5, 5.41) is 12.3. The number of hydrogen-bond acceptors (Lipinski definition) is 5. The van der Waals surface area contributed by atoms with Gasteiger partial charge in [0.25, 0.3) is 0 Å². The summed E-state index contributed by atoms with van der Waals surface area (Å²) in [5.74, 6) is 0.957. The summed E-state index contributed by atoms with van der Waals surface area (Å²) >= 11 is 0. The van der Waals surface area contributed by atoms with Crippen molar-refractivity contribution in [2.24, 2.45) is 5.41 Å². The van der Waals surface area contributed by atoms with Gasteiger partial charge in [-0.3, -0.25) is 4.98 Å². The van der Waals surface area contributed by atoms with Crippen LogP contribution in [0.2, 0.25) is 18.1 Å². The monoisotopic (exact) mass is 579 g/mol. The fourth-order valence-electron chi connectivity index (χ4n) is 5.91. The third-order valence-electron chi connectivity index (χ3n) is 9.00. The largest absolute Gasteiger partial charge is 0.491 e. The van der Waals surface area contributed by atoms with Crippen LogP contribution in [0.15, 0.2) is 30.3 Å². The molecule has 0 unspecified atom stereocenters. The molecule has 0 spiro atoms. The van der Waals surface area contributed by atoms with Crippen molar-refractivity contribution >= 4 is 13.9 Å². The molecule has 5 nitrogen and oxygen atoms in total. The van der Waals surface area contributed by atoms with Gasteiger partial charge in [0.15, 0.2) is 8.32 Å². The van der Waals surface area contributed by atoms with Gasteiger partial charge in [0.05, 0.1) is 25.4 Å². The maximum absolute atomic E-state index is 12.2. The molecular weight excluding hydrogens is 526 g/mol. The van der Waals surface area contributed by atoms with Crippen LogP contribution in [0.4, 0.5) is 0 Å². The highest BCUT2D eigenvalue weighted by Gasteiger charge is 2.45. The number of ether oxygens (including phenoxy) is 2. The summed E-state index contributed by atoms with van der Waals surface area (Å²) in [6.45, 7) is 25.9. The Balaban J connectivity index is 1.98. The van der Waals surface area contributed by atoms with Crippen LogP contribution < -0.4 is 4.74 Å². The molecule has 2 aliphatic rings. The van der Waals surface area contributed by atoms with Crippen molar-refractivity contribution in [3.63, 3.8) is 0 Å². The number of hydrogen-bond donors (Lipinski definition) is 1. The van der Waals surface area contributed by atoms with Gasteiger partial charge in [-0.1, -0.05) is 66.7 Å². The molecule has 0 bridgehead atoms. The molecule has 4 rings (SSSR count). The number of benzene rings is 1. The molecule has 1 aromatic carbocycles. The van der Waals surface area contributed by atoms with Crippen LogP contribution in [0, 0.1) is 5.41 Å². The quantitative estimate of drug-likeness (QED) is 0.316. The van der Waals surface area contributed by atoms with E-state index in [-0.39, 0.29) is 28.6 Å². The number of aromatic nitrogens is 1. The van der Waals surface area contributed by atoms with Crippen molar-refractivity contribution in [3.05, 3.63) is 64.0 Å². The maximum atomic E-state index is 12.2. The Hall–Kier alpha value is -1.99. The minimum absolute atomic E-state index is 0.0645. The number of pyridine rings is 1. The standard InChI is InChI=1S/C35H53NO4Si/c1-22(2)32-31(33(37)25-12-14-26(15-13-25)39-23(3)4)29(24-16-18-38-19-17-24)30-27(36-32)20-35(8,9)21-28(30)40-41(10,11)34(5,6)7/h12-16,22-23,28,33,37H,17-21H2,1-11H3/t28-,33+/m0/s1. The lowest BCUT2D eigenvalue weighted by Gasteiger charge is -2.45. The smallest absolute Gasteiger partial charge is 0.192 e.